The number of fused-ring (bicyclic) bond motifs is 2. The summed E-state index contributed by atoms with van der Waals surface area (Å²) in [7, 11) is 0. The molecule has 33 heavy (non-hydrogen) atoms. The number of nitrogens with one attached hydrogen (secondary N) is 1. The van der Waals surface area contributed by atoms with Crippen LogP contribution in [0.5, 0.6) is 0 Å². The maximum atomic E-state index is 13.6. The maximum absolute atomic E-state index is 13.6. The molecule has 3 aromatic rings. The van der Waals surface area contributed by atoms with Gasteiger partial charge in [0.25, 0.3) is 5.91 Å². The molecule has 0 aliphatic carbocycles. The molecule has 1 aromatic heterocycles. The van der Waals surface area contributed by atoms with E-state index in [2.05, 4.69) is 41.1 Å². The molecule has 1 fully saturated rings. The van der Waals surface area contributed by atoms with Crippen LogP contribution < -0.4 is 5.32 Å². The highest BCUT2D eigenvalue weighted by molar-refractivity contribution is 6.13. The van der Waals surface area contributed by atoms with Crippen molar-refractivity contribution in [3.8, 4) is 0 Å². The fourth-order valence-corrected chi connectivity index (χ4v) is 5.14. The zero-order valence-corrected chi connectivity index (χ0v) is 19.8. The molecule has 0 saturated carbocycles. The largest absolute Gasteiger partial charge is 0.322 e. The van der Waals surface area contributed by atoms with E-state index in [-0.39, 0.29) is 5.91 Å². The number of nitrogens with zero attached hydrogens (tertiary/aromatic N) is 3. The van der Waals surface area contributed by atoms with Gasteiger partial charge in [0.05, 0.1) is 11.1 Å². The number of likely N-dealkylation sites (N-methyl/N-ethyl adjacent to an activating group) is 1. The summed E-state index contributed by atoms with van der Waals surface area (Å²) in [6.45, 7) is 10.6. The molecule has 0 unspecified atom stereocenters. The Hall–Kier alpha value is -2.76. The Labute approximate surface area is 196 Å². The summed E-state index contributed by atoms with van der Waals surface area (Å²) in [5.41, 5.74) is 5.96. The van der Waals surface area contributed by atoms with Crippen molar-refractivity contribution in [3.63, 3.8) is 0 Å². The lowest BCUT2D eigenvalue weighted by Gasteiger charge is -2.30. The van der Waals surface area contributed by atoms with E-state index in [0.717, 1.165) is 71.9 Å². The molecular formula is C28H34N4O. The standard InChI is InChI=1S/C28H34N4O/c1-3-31-17-14-26-24(19-31)27(23-6-4-5-7-25(23)30-26)28(33)29-22-10-8-21(9-11-22)18-32-15-12-20(2)13-16-32/h4-11,20H,3,12-19H2,1-2H3,(H,29,33). The van der Waals surface area contributed by atoms with Crippen molar-refractivity contribution in [2.24, 2.45) is 5.92 Å². The zero-order chi connectivity index (χ0) is 22.8. The molecule has 5 rings (SSSR count). The predicted molar refractivity (Wildman–Crippen MR) is 134 cm³/mol. The first-order valence-corrected chi connectivity index (χ1v) is 12.4. The topological polar surface area (TPSA) is 48.5 Å². The molecule has 5 heteroatoms. The quantitative estimate of drug-likeness (QED) is 0.597. The monoisotopic (exact) mass is 442 g/mol. The van der Waals surface area contributed by atoms with Gasteiger partial charge in [-0.1, -0.05) is 44.2 Å². The van der Waals surface area contributed by atoms with E-state index in [0.29, 0.717) is 0 Å². The number of likely N-dealkylation sites (tertiary alicyclic amines) is 1. The van der Waals surface area contributed by atoms with E-state index in [4.69, 9.17) is 4.98 Å². The molecule has 172 valence electrons. The van der Waals surface area contributed by atoms with Crippen molar-refractivity contribution in [3.05, 3.63) is 70.9 Å². The molecule has 1 amide bonds. The number of hydrogen-bond acceptors (Lipinski definition) is 4. The van der Waals surface area contributed by atoms with Crippen LogP contribution in [-0.2, 0) is 19.5 Å². The van der Waals surface area contributed by atoms with Crippen molar-refractivity contribution >= 4 is 22.5 Å². The molecule has 0 atom stereocenters. The summed E-state index contributed by atoms with van der Waals surface area (Å²) in [5, 5.41) is 4.10. The SMILES string of the molecule is CCN1CCc2nc3ccccc3c(C(=O)Nc3ccc(CN4CCC(C)CC4)cc3)c2C1. The minimum absolute atomic E-state index is 0.0411. The Morgan fingerprint density at radius 3 is 2.55 bits per heavy atom. The predicted octanol–water partition coefficient (Wildman–Crippen LogP) is 5.10. The number of anilines is 1. The van der Waals surface area contributed by atoms with Crippen LogP contribution in [0, 0.1) is 5.92 Å². The van der Waals surface area contributed by atoms with Crippen LogP contribution in [0.25, 0.3) is 10.9 Å². The second kappa shape index (κ2) is 9.62. The third-order valence-corrected chi connectivity index (χ3v) is 7.29. The summed E-state index contributed by atoms with van der Waals surface area (Å²) in [4.78, 5) is 23.4. The molecule has 1 saturated heterocycles. The highest BCUT2D eigenvalue weighted by atomic mass is 16.1. The van der Waals surface area contributed by atoms with Gasteiger partial charge in [0, 0.05) is 48.4 Å². The first kappa shape index (κ1) is 22.1. The Balaban J connectivity index is 1.37. The summed E-state index contributed by atoms with van der Waals surface area (Å²) in [6.07, 6.45) is 3.46. The summed E-state index contributed by atoms with van der Waals surface area (Å²) < 4.78 is 0. The van der Waals surface area contributed by atoms with Gasteiger partial charge >= 0.3 is 0 Å². The normalized spacial score (nSPS) is 17.8. The van der Waals surface area contributed by atoms with Gasteiger partial charge in [0.2, 0.25) is 0 Å². The Morgan fingerprint density at radius 2 is 1.79 bits per heavy atom. The summed E-state index contributed by atoms with van der Waals surface area (Å²) in [6, 6.07) is 16.4. The fourth-order valence-electron chi connectivity index (χ4n) is 5.14. The van der Waals surface area contributed by atoms with Gasteiger partial charge in [-0.2, -0.15) is 0 Å². The van der Waals surface area contributed by atoms with Crippen molar-refractivity contribution in [1.82, 2.24) is 14.8 Å². The Bertz CT molecular complexity index is 1130. The van der Waals surface area contributed by atoms with Gasteiger partial charge in [-0.3, -0.25) is 19.6 Å². The molecule has 5 nitrogen and oxygen atoms in total. The first-order chi connectivity index (χ1) is 16.1. The average Bonchev–Trinajstić information content (AvgIpc) is 2.84. The van der Waals surface area contributed by atoms with Crippen LogP contribution in [0.1, 0.15) is 53.9 Å². The van der Waals surface area contributed by atoms with Crippen molar-refractivity contribution in [2.75, 3.05) is 31.5 Å². The maximum Gasteiger partial charge on any atom is 0.256 e. The number of para-hydroxylation sites is 1. The number of rotatable bonds is 5. The van der Waals surface area contributed by atoms with Gasteiger partial charge in [-0.15, -0.1) is 0 Å². The van der Waals surface area contributed by atoms with E-state index >= 15 is 0 Å². The van der Waals surface area contributed by atoms with Crippen LogP contribution in [0.3, 0.4) is 0 Å². The van der Waals surface area contributed by atoms with Gasteiger partial charge in [0.1, 0.15) is 0 Å². The van der Waals surface area contributed by atoms with Crippen molar-refractivity contribution in [1.29, 1.82) is 0 Å². The number of benzene rings is 2. The van der Waals surface area contributed by atoms with Gasteiger partial charge in [0.15, 0.2) is 0 Å². The zero-order valence-electron chi connectivity index (χ0n) is 19.8. The minimum Gasteiger partial charge on any atom is -0.322 e. The lowest BCUT2D eigenvalue weighted by molar-refractivity contribution is 0.102. The second-order valence-electron chi connectivity index (χ2n) is 9.66. The Morgan fingerprint density at radius 1 is 1.03 bits per heavy atom. The number of carbonyl (C=O) groups is 1. The lowest BCUT2D eigenvalue weighted by atomic mass is 9.95. The number of amides is 1. The molecule has 2 aliphatic rings. The average molecular weight is 443 g/mol. The molecule has 0 bridgehead atoms. The van der Waals surface area contributed by atoms with Crippen LogP contribution >= 0.6 is 0 Å². The van der Waals surface area contributed by atoms with Gasteiger partial charge in [-0.25, -0.2) is 0 Å². The molecule has 2 aromatic carbocycles. The number of pyridine rings is 1. The molecule has 1 N–H and O–H groups in total. The third-order valence-electron chi connectivity index (χ3n) is 7.29. The smallest absolute Gasteiger partial charge is 0.256 e. The van der Waals surface area contributed by atoms with Crippen molar-refractivity contribution < 1.29 is 4.79 Å². The molecule has 0 radical (unpaired) electrons. The number of carbonyl (C=O) groups excluding carboxylic acids is 1. The van der Waals surface area contributed by atoms with Crippen molar-refractivity contribution in [2.45, 2.75) is 46.2 Å². The second-order valence-corrected chi connectivity index (χ2v) is 9.66. The number of hydrogen-bond donors (Lipinski definition) is 1. The molecule has 0 spiro atoms. The highest BCUT2D eigenvalue weighted by Gasteiger charge is 2.25. The van der Waals surface area contributed by atoms with E-state index < -0.39 is 0 Å². The summed E-state index contributed by atoms with van der Waals surface area (Å²) in [5.74, 6) is 0.804. The first-order valence-electron chi connectivity index (χ1n) is 12.4. The summed E-state index contributed by atoms with van der Waals surface area (Å²) >= 11 is 0. The third kappa shape index (κ3) is 4.80. The molecule has 3 heterocycles. The van der Waals surface area contributed by atoms with Crippen LogP contribution in [0.4, 0.5) is 5.69 Å². The van der Waals surface area contributed by atoms with Crippen LogP contribution in [-0.4, -0.2) is 46.9 Å². The highest BCUT2D eigenvalue weighted by Crippen LogP contribution is 2.29. The van der Waals surface area contributed by atoms with E-state index in [1.54, 1.807) is 0 Å². The van der Waals surface area contributed by atoms with Crippen LogP contribution in [0.2, 0.25) is 0 Å². The number of piperidine rings is 1. The van der Waals surface area contributed by atoms with Crippen LogP contribution in [0.15, 0.2) is 48.5 Å². The van der Waals surface area contributed by atoms with E-state index in [1.807, 2.05) is 36.4 Å². The minimum atomic E-state index is -0.0411. The van der Waals surface area contributed by atoms with E-state index in [9.17, 15) is 4.79 Å². The molecular weight excluding hydrogens is 408 g/mol. The lowest BCUT2D eigenvalue weighted by Crippen LogP contribution is -2.33. The van der Waals surface area contributed by atoms with Gasteiger partial charge in [-0.05, 0) is 62.2 Å². The molecule has 2 aliphatic heterocycles. The van der Waals surface area contributed by atoms with Gasteiger partial charge < -0.3 is 5.32 Å². The fraction of sp³-hybridized carbons (Fsp3) is 0.429. The Kier molecular flexibility index (Phi) is 6.43. The van der Waals surface area contributed by atoms with E-state index in [1.165, 1.54) is 31.5 Å². The number of aromatic nitrogens is 1.